The molecule has 0 unspecified atom stereocenters. The second-order valence-electron chi connectivity index (χ2n) is 6.35. The van der Waals surface area contributed by atoms with Crippen molar-refractivity contribution in [2.45, 2.75) is 20.8 Å². The minimum atomic E-state index is -0.645. The van der Waals surface area contributed by atoms with Gasteiger partial charge >= 0.3 is 5.97 Å². The van der Waals surface area contributed by atoms with Crippen LogP contribution >= 0.6 is 0 Å². The fourth-order valence-corrected chi connectivity index (χ4v) is 3.10. The van der Waals surface area contributed by atoms with E-state index in [9.17, 15) is 9.59 Å². The molecule has 3 aromatic rings. The maximum absolute atomic E-state index is 12.6. The Bertz CT molecular complexity index is 1010. The van der Waals surface area contributed by atoms with Crippen molar-refractivity contribution >= 4 is 22.7 Å². The third-order valence-electron chi connectivity index (χ3n) is 4.37. The lowest BCUT2D eigenvalue weighted by atomic mass is 10.1. The summed E-state index contributed by atoms with van der Waals surface area (Å²) in [5, 5.41) is 0.789. The number of hydrogen-bond acceptors (Lipinski definition) is 6. The summed E-state index contributed by atoms with van der Waals surface area (Å²) in [6.07, 6.45) is 1.62. The summed E-state index contributed by atoms with van der Waals surface area (Å²) in [4.78, 5) is 28.2. The average molecular weight is 411 g/mol. The van der Waals surface area contributed by atoms with Gasteiger partial charge in [0.1, 0.15) is 0 Å². The van der Waals surface area contributed by atoms with E-state index in [1.807, 2.05) is 45.0 Å². The first-order valence-corrected chi connectivity index (χ1v) is 9.91. The van der Waals surface area contributed by atoms with Crippen molar-refractivity contribution in [2.75, 3.05) is 26.4 Å². The highest BCUT2D eigenvalue weighted by atomic mass is 16.5. The van der Waals surface area contributed by atoms with Crippen LogP contribution in [0.25, 0.3) is 10.9 Å². The van der Waals surface area contributed by atoms with Crippen LogP contribution < -0.4 is 14.2 Å². The Balaban J connectivity index is 1.79. The summed E-state index contributed by atoms with van der Waals surface area (Å²) in [5.74, 6) is 0.281. The van der Waals surface area contributed by atoms with E-state index in [0.29, 0.717) is 42.6 Å². The van der Waals surface area contributed by atoms with E-state index in [-0.39, 0.29) is 18.0 Å². The first-order chi connectivity index (χ1) is 14.6. The maximum atomic E-state index is 12.6. The van der Waals surface area contributed by atoms with Crippen LogP contribution in [0.3, 0.4) is 0 Å². The van der Waals surface area contributed by atoms with Crippen LogP contribution in [0.4, 0.5) is 0 Å². The average Bonchev–Trinajstić information content (AvgIpc) is 3.18. The molecule has 0 saturated heterocycles. The molecule has 0 bridgehead atoms. The number of esters is 1. The minimum absolute atomic E-state index is 0.220. The topological polar surface area (TPSA) is 86.9 Å². The largest absolute Gasteiger partial charge is 0.490 e. The van der Waals surface area contributed by atoms with E-state index in [1.54, 1.807) is 6.20 Å². The number of benzene rings is 2. The lowest BCUT2D eigenvalue weighted by Crippen LogP contribution is -2.14. The van der Waals surface area contributed by atoms with Gasteiger partial charge in [0.15, 0.2) is 18.1 Å². The number of Topliss-reactive ketones (excluding diaryl/α,β-unsaturated/α-hetero) is 1. The fraction of sp³-hybridized carbons (Fsp3) is 0.304. The Labute approximate surface area is 174 Å². The van der Waals surface area contributed by atoms with Crippen LogP contribution in [0.2, 0.25) is 0 Å². The van der Waals surface area contributed by atoms with Gasteiger partial charge < -0.3 is 23.9 Å². The Kier molecular flexibility index (Phi) is 6.95. The molecule has 1 aromatic heterocycles. The predicted molar refractivity (Wildman–Crippen MR) is 113 cm³/mol. The Hall–Kier alpha value is -3.48. The van der Waals surface area contributed by atoms with Crippen LogP contribution in [0.15, 0.2) is 42.6 Å². The molecule has 0 amide bonds. The lowest BCUT2D eigenvalue weighted by molar-refractivity contribution is 0.0474. The molecule has 0 radical (unpaired) electrons. The molecule has 30 heavy (non-hydrogen) atoms. The quantitative estimate of drug-likeness (QED) is 0.393. The van der Waals surface area contributed by atoms with E-state index in [1.165, 1.54) is 12.1 Å². The number of aromatic nitrogens is 1. The Morgan fingerprint density at radius 2 is 1.53 bits per heavy atom. The molecule has 0 aliphatic rings. The molecule has 0 aliphatic carbocycles. The maximum Gasteiger partial charge on any atom is 0.338 e. The summed E-state index contributed by atoms with van der Waals surface area (Å²) >= 11 is 0. The number of para-hydroxylation sites is 1. The number of carbonyl (C=O) groups excluding carboxylic acids is 2. The van der Waals surface area contributed by atoms with Crippen molar-refractivity contribution < 1.29 is 28.5 Å². The first-order valence-electron chi connectivity index (χ1n) is 9.91. The third-order valence-corrected chi connectivity index (χ3v) is 4.37. The third kappa shape index (κ3) is 4.56. The molecule has 1 N–H and O–H groups in total. The molecule has 0 fully saturated rings. The zero-order valence-electron chi connectivity index (χ0n) is 17.3. The van der Waals surface area contributed by atoms with Crippen molar-refractivity contribution in [1.82, 2.24) is 4.98 Å². The number of nitrogens with one attached hydrogen (secondary N) is 1. The van der Waals surface area contributed by atoms with E-state index < -0.39 is 5.97 Å². The normalized spacial score (nSPS) is 10.6. The van der Waals surface area contributed by atoms with Gasteiger partial charge in [0, 0.05) is 22.7 Å². The molecule has 7 heteroatoms. The number of ether oxygens (including phenoxy) is 4. The van der Waals surface area contributed by atoms with Gasteiger partial charge in [-0.3, -0.25) is 4.79 Å². The SMILES string of the molecule is CCOc1cc(C(=O)OCC(=O)c2c[nH]c3ccccc23)cc(OCC)c1OCC. The van der Waals surface area contributed by atoms with E-state index >= 15 is 0 Å². The molecule has 0 saturated carbocycles. The van der Waals surface area contributed by atoms with Gasteiger partial charge in [0.2, 0.25) is 11.5 Å². The molecule has 3 rings (SSSR count). The highest BCUT2D eigenvalue weighted by molar-refractivity contribution is 6.09. The second-order valence-corrected chi connectivity index (χ2v) is 6.35. The number of H-pyrrole nitrogens is 1. The van der Waals surface area contributed by atoms with Gasteiger partial charge in [-0.1, -0.05) is 18.2 Å². The summed E-state index contributed by atoms with van der Waals surface area (Å²) in [6.45, 7) is 6.35. The van der Waals surface area contributed by atoms with Gasteiger partial charge in [-0.15, -0.1) is 0 Å². The van der Waals surface area contributed by atoms with Gasteiger partial charge in [-0.05, 0) is 39.0 Å². The second kappa shape index (κ2) is 9.82. The smallest absolute Gasteiger partial charge is 0.338 e. The van der Waals surface area contributed by atoms with E-state index in [0.717, 1.165) is 10.9 Å². The lowest BCUT2D eigenvalue weighted by Gasteiger charge is -2.16. The fourth-order valence-electron chi connectivity index (χ4n) is 3.10. The van der Waals surface area contributed by atoms with Crippen LogP contribution in [0.5, 0.6) is 17.2 Å². The molecule has 158 valence electrons. The van der Waals surface area contributed by atoms with E-state index in [2.05, 4.69) is 4.98 Å². The number of hydrogen-bond donors (Lipinski definition) is 1. The molecular formula is C23H25NO6. The number of carbonyl (C=O) groups is 2. The minimum Gasteiger partial charge on any atom is -0.490 e. The number of aromatic amines is 1. The highest BCUT2D eigenvalue weighted by Gasteiger charge is 2.20. The monoisotopic (exact) mass is 411 g/mol. The van der Waals surface area contributed by atoms with Crippen molar-refractivity contribution in [3.8, 4) is 17.2 Å². The van der Waals surface area contributed by atoms with Crippen molar-refractivity contribution in [3.63, 3.8) is 0 Å². The summed E-state index contributed by atoms with van der Waals surface area (Å²) in [6, 6.07) is 10.5. The highest BCUT2D eigenvalue weighted by Crippen LogP contribution is 2.39. The number of ketones is 1. The van der Waals surface area contributed by atoms with Gasteiger partial charge in [-0.2, -0.15) is 0 Å². The van der Waals surface area contributed by atoms with Crippen LogP contribution in [0, 0.1) is 0 Å². The standard InChI is InChI=1S/C23H25NO6/c1-4-27-20-11-15(12-21(28-5-2)22(20)29-6-3)23(26)30-14-19(25)17-13-24-18-10-8-7-9-16(17)18/h7-13,24H,4-6,14H2,1-3H3. The Morgan fingerprint density at radius 1 is 0.900 bits per heavy atom. The van der Waals surface area contributed by atoms with Crippen LogP contribution in [0.1, 0.15) is 41.5 Å². The molecule has 0 atom stereocenters. The molecule has 2 aromatic carbocycles. The van der Waals surface area contributed by atoms with Gasteiger partial charge in [0.05, 0.1) is 25.4 Å². The van der Waals surface area contributed by atoms with Crippen molar-refractivity contribution in [3.05, 3.63) is 53.7 Å². The number of fused-ring (bicyclic) bond motifs is 1. The van der Waals surface area contributed by atoms with Gasteiger partial charge in [-0.25, -0.2) is 4.79 Å². The molecule has 1 heterocycles. The zero-order chi connectivity index (χ0) is 21.5. The van der Waals surface area contributed by atoms with Crippen LogP contribution in [-0.4, -0.2) is 43.2 Å². The summed E-state index contributed by atoms with van der Waals surface area (Å²) < 4.78 is 22.1. The molecule has 7 nitrogen and oxygen atoms in total. The predicted octanol–water partition coefficient (Wildman–Crippen LogP) is 4.40. The molecule has 0 aliphatic heterocycles. The van der Waals surface area contributed by atoms with Crippen LogP contribution in [-0.2, 0) is 4.74 Å². The molecule has 0 spiro atoms. The Morgan fingerprint density at radius 3 is 2.17 bits per heavy atom. The zero-order valence-corrected chi connectivity index (χ0v) is 17.3. The van der Waals surface area contributed by atoms with Gasteiger partial charge in [0.25, 0.3) is 0 Å². The molecular weight excluding hydrogens is 386 g/mol. The van der Waals surface area contributed by atoms with E-state index in [4.69, 9.17) is 18.9 Å². The first kappa shape index (κ1) is 21.2. The summed E-state index contributed by atoms with van der Waals surface area (Å²) in [5.41, 5.74) is 1.55. The number of rotatable bonds is 10. The van der Waals surface area contributed by atoms with Crippen molar-refractivity contribution in [2.24, 2.45) is 0 Å². The summed E-state index contributed by atoms with van der Waals surface area (Å²) in [7, 11) is 0. The van der Waals surface area contributed by atoms with Crippen molar-refractivity contribution in [1.29, 1.82) is 0 Å².